The Morgan fingerprint density at radius 2 is 2.09 bits per heavy atom. The quantitative estimate of drug-likeness (QED) is 0.407. The standard InChI is InChI=1S/C25H33Cl2N3O3S/c1-13(23(32)28-10-11-33-4)15-8-9-25(3)12-18-20(14(2)19(25)22(15)31)29-24(34-18)30-21-16(26)6-5-7-17(21)27/h5-7,13-15,19,22,31H,8-12H2,1-4H3,(H,28,32)(H,29,30)/t13-,14-,15-,19+,22-,25-/m0/s1. The van der Waals surface area contributed by atoms with Gasteiger partial charge in [0.05, 0.1) is 34.1 Å². The fourth-order valence-corrected chi connectivity index (χ4v) is 7.72. The number of methoxy groups -OCH3 is 1. The van der Waals surface area contributed by atoms with Crippen molar-refractivity contribution in [1.82, 2.24) is 10.3 Å². The number of thiazole rings is 1. The average Bonchev–Trinajstić information content (AvgIpc) is 3.18. The second-order valence-electron chi connectivity index (χ2n) is 9.96. The van der Waals surface area contributed by atoms with Crippen molar-refractivity contribution in [3.05, 3.63) is 38.8 Å². The molecule has 34 heavy (non-hydrogen) atoms. The van der Waals surface area contributed by atoms with Gasteiger partial charge in [-0.05, 0) is 48.6 Å². The SMILES string of the molecule is COCCNC(=O)[C@@H](C)[C@@H]1CC[C@@]2(C)Cc3sc(Nc4c(Cl)cccc4Cl)nc3[C@@H](C)[C@@H]2[C@H]1O. The zero-order valence-corrected chi connectivity index (χ0v) is 22.4. The number of halogens is 2. The number of rotatable bonds is 7. The van der Waals surface area contributed by atoms with Gasteiger partial charge in [-0.25, -0.2) is 4.98 Å². The van der Waals surface area contributed by atoms with Crippen LogP contribution in [-0.2, 0) is 16.0 Å². The number of fused-ring (bicyclic) bond motifs is 2. The van der Waals surface area contributed by atoms with Crippen molar-refractivity contribution in [2.45, 2.75) is 52.1 Å². The first-order valence-corrected chi connectivity index (χ1v) is 13.4. The number of ether oxygens (including phenoxy) is 1. The number of aromatic nitrogens is 1. The van der Waals surface area contributed by atoms with E-state index in [-0.39, 0.29) is 35.0 Å². The summed E-state index contributed by atoms with van der Waals surface area (Å²) in [6.07, 6.45) is 2.09. The van der Waals surface area contributed by atoms with Crippen LogP contribution in [0.5, 0.6) is 0 Å². The summed E-state index contributed by atoms with van der Waals surface area (Å²) in [4.78, 5) is 18.8. The Labute approximate surface area is 215 Å². The molecule has 0 aliphatic heterocycles. The maximum absolute atomic E-state index is 12.7. The lowest BCUT2D eigenvalue weighted by Crippen LogP contribution is -2.53. The smallest absolute Gasteiger partial charge is 0.223 e. The van der Waals surface area contributed by atoms with Crippen LogP contribution in [-0.4, -0.2) is 42.4 Å². The van der Waals surface area contributed by atoms with Crippen LogP contribution in [0.1, 0.15) is 50.1 Å². The van der Waals surface area contributed by atoms with E-state index < -0.39 is 6.10 Å². The van der Waals surface area contributed by atoms with Crippen LogP contribution < -0.4 is 10.6 Å². The maximum atomic E-state index is 12.7. The van der Waals surface area contributed by atoms with Crippen LogP contribution in [0.4, 0.5) is 10.8 Å². The van der Waals surface area contributed by atoms with E-state index in [1.165, 1.54) is 4.88 Å². The van der Waals surface area contributed by atoms with Crippen LogP contribution in [0, 0.1) is 23.2 Å². The van der Waals surface area contributed by atoms with Gasteiger partial charge in [0.15, 0.2) is 5.13 Å². The topological polar surface area (TPSA) is 83.5 Å². The van der Waals surface area contributed by atoms with Crippen LogP contribution in [0.15, 0.2) is 18.2 Å². The molecule has 3 N–H and O–H groups in total. The number of hydrogen-bond acceptors (Lipinski definition) is 6. The second-order valence-corrected chi connectivity index (χ2v) is 11.9. The van der Waals surface area contributed by atoms with Crippen molar-refractivity contribution in [3.63, 3.8) is 0 Å². The number of nitrogens with one attached hydrogen (secondary N) is 2. The highest BCUT2D eigenvalue weighted by molar-refractivity contribution is 7.15. The van der Waals surface area contributed by atoms with Gasteiger partial charge in [-0.2, -0.15) is 0 Å². The third kappa shape index (κ3) is 4.82. The number of aliphatic hydroxyl groups excluding tert-OH is 1. The predicted molar refractivity (Wildman–Crippen MR) is 138 cm³/mol. The van der Waals surface area contributed by atoms with Gasteiger partial charge in [0.2, 0.25) is 5.91 Å². The molecule has 0 spiro atoms. The molecular formula is C25H33Cl2N3O3S. The summed E-state index contributed by atoms with van der Waals surface area (Å²) in [5, 5.41) is 19.6. The number of carbonyl (C=O) groups excluding carboxylic acids is 1. The molecule has 1 heterocycles. The molecule has 1 fully saturated rings. The molecule has 6 nitrogen and oxygen atoms in total. The zero-order valence-electron chi connectivity index (χ0n) is 20.0. The number of nitrogens with zero attached hydrogens (tertiary/aromatic N) is 1. The molecule has 1 aromatic carbocycles. The predicted octanol–water partition coefficient (Wildman–Crippen LogP) is 5.65. The summed E-state index contributed by atoms with van der Waals surface area (Å²) < 4.78 is 5.03. The van der Waals surface area contributed by atoms with E-state index in [9.17, 15) is 9.90 Å². The molecule has 1 saturated carbocycles. The average molecular weight is 527 g/mol. The van der Waals surface area contributed by atoms with Gasteiger partial charge in [-0.1, -0.05) is 50.0 Å². The van der Waals surface area contributed by atoms with Crippen LogP contribution in [0.3, 0.4) is 0 Å². The molecule has 9 heteroatoms. The lowest BCUT2D eigenvalue weighted by atomic mass is 9.53. The molecule has 0 bridgehead atoms. The monoisotopic (exact) mass is 525 g/mol. The molecule has 1 aromatic heterocycles. The third-order valence-corrected chi connectivity index (χ3v) is 9.39. The normalized spacial score (nSPS) is 29.1. The summed E-state index contributed by atoms with van der Waals surface area (Å²) in [6.45, 7) is 7.31. The van der Waals surface area contributed by atoms with Gasteiger partial charge >= 0.3 is 0 Å². The molecule has 2 aliphatic rings. The number of benzene rings is 1. The Kier molecular flexibility index (Phi) is 7.80. The van der Waals surface area contributed by atoms with Crippen LogP contribution in [0.2, 0.25) is 10.0 Å². The van der Waals surface area contributed by atoms with Crippen LogP contribution in [0.25, 0.3) is 0 Å². The Hall–Kier alpha value is -1.38. The van der Waals surface area contributed by atoms with E-state index in [2.05, 4.69) is 24.5 Å². The summed E-state index contributed by atoms with van der Waals surface area (Å²) in [7, 11) is 1.61. The highest BCUT2D eigenvalue weighted by Crippen LogP contribution is 2.57. The van der Waals surface area contributed by atoms with E-state index >= 15 is 0 Å². The van der Waals surface area contributed by atoms with Crippen LogP contribution >= 0.6 is 34.5 Å². The van der Waals surface area contributed by atoms with E-state index in [4.69, 9.17) is 32.9 Å². The van der Waals surface area contributed by atoms with Crippen molar-refractivity contribution in [3.8, 4) is 0 Å². The second kappa shape index (κ2) is 10.3. The van der Waals surface area contributed by atoms with Crippen molar-refractivity contribution in [2.75, 3.05) is 25.6 Å². The van der Waals surface area contributed by atoms with Crippen molar-refractivity contribution >= 4 is 51.3 Å². The first-order valence-electron chi connectivity index (χ1n) is 11.8. The van der Waals surface area contributed by atoms with Gasteiger partial charge in [0.1, 0.15) is 0 Å². The fourth-order valence-electron chi connectivity index (χ4n) is 5.96. The Balaban J connectivity index is 1.55. The molecule has 6 atom stereocenters. The van der Waals surface area contributed by atoms with Gasteiger partial charge in [-0.3, -0.25) is 4.79 Å². The van der Waals surface area contributed by atoms with Gasteiger partial charge in [0.25, 0.3) is 0 Å². The minimum Gasteiger partial charge on any atom is -0.392 e. The number of anilines is 2. The molecule has 2 aromatic rings. The third-order valence-electron chi connectivity index (χ3n) is 7.78. The zero-order chi connectivity index (χ0) is 24.6. The number of aliphatic hydroxyl groups is 1. The maximum Gasteiger partial charge on any atom is 0.223 e. The number of para-hydroxylation sites is 1. The van der Waals surface area contributed by atoms with Crippen molar-refractivity contribution in [2.24, 2.45) is 23.2 Å². The Morgan fingerprint density at radius 3 is 2.76 bits per heavy atom. The highest BCUT2D eigenvalue weighted by atomic mass is 35.5. The summed E-state index contributed by atoms with van der Waals surface area (Å²) >= 11 is 14.3. The number of hydrogen-bond donors (Lipinski definition) is 3. The van der Waals surface area contributed by atoms with E-state index in [0.29, 0.717) is 28.9 Å². The molecule has 186 valence electrons. The molecule has 0 radical (unpaired) electrons. The lowest BCUT2D eigenvalue weighted by Gasteiger charge is -2.53. The van der Waals surface area contributed by atoms with Crippen molar-refractivity contribution in [1.29, 1.82) is 0 Å². The summed E-state index contributed by atoms with van der Waals surface area (Å²) in [5.74, 6) is -0.260. The van der Waals surface area contributed by atoms with Gasteiger partial charge in [0, 0.05) is 30.4 Å². The van der Waals surface area contributed by atoms with Crippen molar-refractivity contribution < 1.29 is 14.6 Å². The van der Waals surface area contributed by atoms with E-state index in [1.807, 2.05) is 13.0 Å². The Morgan fingerprint density at radius 1 is 1.38 bits per heavy atom. The highest BCUT2D eigenvalue weighted by Gasteiger charge is 2.53. The summed E-state index contributed by atoms with van der Waals surface area (Å²) in [6, 6.07) is 5.40. The lowest BCUT2D eigenvalue weighted by molar-refractivity contribution is -0.135. The molecule has 0 saturated heterocycles. The molecule has 2 aliphatic carbocycles. The fraction of sp³-hybridized carbons (Fsp3) is 0.600. The minimum absolute atomic E-state index is 0.0226. The Bertz CT molecular complexity index is 1030. The molecular weight excluding hydrogens is 493 g/mol. The molecule has 0 unspecified atom stereocenters. The minimum atomic E-state index is -0.568. The van der Waals surface area contributed by atoms with E-state index in [0.717, 1.165) is 30.1 Å². The first-order chi connectivity index (χ1) is 16.2. The first kappa shape index (κ1) is 25.7. The number of amides is 1. The van der Waals surface area contributed by atoms with E-state index in [1.54, 1.807) is 30.6 Å². The molecule has 4 rings (SSSR count). The molecule has 1 amide bonds. The summed E-state index contributed by atoms with van der Waals surface area (Å²) in [5.41, 5.74) is 1.64. The van der Waals surface area contributed by atoms with Gasteiger partial charge in [-0.15, -0.1) is 11.3 Å². The largest absolute Gasteiger partial charge is 0.392 e. The van der Waals surface area contributed by atoms with Gasteiger partial charge < -0.3 is 20.5 Å². The number of carbonyl (C=O) groups is 1.